The van der Waals surface area contributed by atoms with E-state index in [1.807, 2.05) is 12.1 Å². The normalized spacial score (nSPS) is 8.00. The molecule has 1 aromatic rings. The highest BCUT2D eigenvalue weighted by Gasteiger charge is 1.46. The Morgan fingerprint density at radius 1 is 1.50 bits per heavy atom. The van der Waals surface area contributed by atoms with Crippen LogP contribution in [0.1, 0.15) is 0 Å². The summed E-state index contributed by atoms with van der Waals surface area (Å²) in [4.78, 5) is 3.73. The third-order valence-corrected chi connectivity index (χ3v) is 0.514. The first-order valence-corrected chi connectivity index (χ1v) is 1.76. The van der Waals surface area contributed by atoms with Crippen LogP contribution in [0.2, 0.25) is 0 Å². The molecule has 0 aliphatic rings. The molecule has 1 nitrogen and oxygen atoms in total. The summed E-state index contributed by atoms with van der Waals surface area (Å²) in [7, 11) is 0. The van der Waals surface area contributed by atoms with Crippen molar-refractivity contribution < 1.29 is 0 Å². The van der Waals surface area contributed by atoms with Gasteiger partial charge in [0, 0.05) is 0 Å². The monoisotopic (exact) mass is 78.0 g/mol. The van der Waals surface area contributed by atoms with Crippen LogP contribution >= 0.6 is 0 Å². The fourth-order valence-corrected chi connectivity index (χ4v) is 0.277. The summed E-state index contributed by atoms with van der Waals surface area (Å²) >= 11 is 0. The average molecular weight is 78.1 g/mol. The van der Waals surface area contributed by atoms with Crippen LogP contribution in [0.3, 0.4) is 0 Å². The summed E-state index contributed by atoms with van der Waals surface area (Å²) in [5, 5.41) is 0. The van der Waals surface area contributed by atoms with Gasteiger partial charge in [0.05, 0.1) is 0 Å². The van der Waals surface area contributed by atoms with E-state index in [4.69, 9.17) is 0 Å². The van der Waals surface area contributed by atoms with E-state index in [1.54, 1.807) is 12.4 Å². The summed E-state index contributed by atoms with van der Waals surface area (Å²) < 4.78 is 0. The van der Waals surface area contributed by atoms with Crippen LogP contribution < -0.4 is 0 Å². The molecule has 0 spiro atoms. The number of hydrogen-bond donors (Lipinski definition) is 0. The molecule has 1 heteroatoms. The second kappa shape index (κ2) is 1.55. The first kappa shape index (κ1) is 3.34. The smallest absolute Gasteiger partial charge is 0.0558 e. The summed E-state index contributed by atoms with van der Waals surface area (Å²) in [6.07, 6.45) is 3.34. The molecule has 0 saturated carbocycles. The SMILES string of the molecule is [c-]1cccnc1. The van der Waals surface area contributed by atoms with Gasteiger partial charge in [-0.25, -0.2) is 12.1 Å². The van der Waals surface area contributed by atoms with Crippen LogP contribution in [0, 0.1) is 6.07 Å². The molecule has 0 aliphatic heterocycles. The highest BCUT2D eigenvalue weighted by atomic mass is 14.6. The highest BCUT2D eigenvalue weighted by Crippen LogP contribution is 1.72. The maximum absolute atomic E-state index is 3.73. The van der Waals surface area contributed by atoms with Crippen molar-refractivity contribution in [1.29, 1.82) is 0 Å². The van der Waals surface area contributed by atoms with Gasteiger partial charge in [0.15, 0.2) is 0 Å². The van der Waals surface area contributed by atoms with Gasteiger partial charge in [-0.15, -0.1) is 0 Å². The number of nitrogens with zero attached hydrogens (tertiary/aromatic N) is 1. The Morgan fingerprint density at radius 2 is 2.50 bits per heavy atom. The van der Waals surface area contributed by atoms with Gasteiger partial charge in [-0.05, 0) is 0 Å². The van der Waals surface area contributed by atoms with Gasteiger partial charge < -0.3 is 4.98 Å². The lowest BCUT2D eigenvalue weighted by molar-refractivity contribution is 1.32. The van der Waals surface area contributed by atoms with Crippen molar-refractivity contribution >= 4 is 0 Å². The van der Waals surface area contributed by atoms with Gasteiger partial charge in [-0.1, -0.05) is 12.4 Å². The minimum Gasteiger partial charge on any atom is -0.304 e. The Morgan fingerprint density at radius 3 is 2.67 bits per heavy atom. The first-order valence-electron chi connectivity index (χ1n) is 1.76. The van der Waals surface area contributed by atoms with Gasteiger partial charge in [0.2, 0.25) is 0 Å². The van der Waals surface area contributed by atoms with Gasteiger partial charge in [0.25, 0.3) is 0 Å². The predicted octanol–water partition coefficient (Wildman–Crippen LogP) is 0.882. The van der Waals surface area contributed by atoms with Crippen LogP contribution in [-0.2, 0) is 0 Å². The van der Waals surface area contributed by atoms with Crippen molar-refractivity contribution in [3.05, 3.63) is 30.6 Å². The molecule has 0 atom stereocenters. The average Bonchev–Trinajstić information content (AvgIpc) is 1.72. The summed E-state index contributed by atoms with van der Waals surface area (Å²) in [6, 6.07) is 6.43. The molecule has 1 aromatic heterocycles. The molecule has 0 radical (unpaired) electrons. The zero-order valence-corrected chi connectivity index (χ0v) is 3.26. The topological polar surface area (TPSA) is 12.9 Å². The van der Waals surface area contributed by atoms with Crippen molar-refractivity contribution in [2.24, 2.45) is 0 Å². The molecule has 6 heavy (non-hydrogen) atoms. The quantitative estimate of drug-likeness (QED) is 0.420. The Hall–Kier alpha value is -0.850. The lowest BCUT2D eigenvalue weighted by atomic mass is 10.5. The molecular formula is C5H4N-. The number of aromatic nitrogens is 1. The van der Waals surface area contributed by atoms with Gasteiger partial charge >= 0.3 is 0 Å². The Bertz CT molecular complexity index is 75.9. The van der Waals surface area contributed by atoms with E-state index in [0.29, 0.717) is 0 Å². The van der Waals surface area contributed by atoms with Crippen molar-refractivity contribution in [2.75, 3.05) is 0 Å². The lowest BCUT2D eigenvalue weighted by Gasteiger charge is -1.82. The Labute approximate surface area is 36.7 Å². The molecule has 0 amide bonds. The second-order valence-corrected chi connectivity index (χ2v) is 0.953. The summed E-state index contributed by atoms with van der Waals surface area (Å²) in [6.45, 7) is 0. The van der Waals surface area contributed by atoms with E-state index in [-0.39, 0.29) is 0 Å². The lowest BCUT2D eigenvalue weighted by Crippen LogP contribution is -1.59. The van der Waals surface area contributed by atoms with Crippen LogP contribution in [-0.4, -0.2) is 4.98 Å². The van der Waals surface area contributed by atoms with Crippen molar-refractivity contribution in [2.45, 2.75) is 0 Å². The molecule has 0 fully saturated rings. The standard InChI is InChI=1S/C5H4N/c1-2-4-6-5-3-1/h1-2,4-5H/q-1. The number of pyridine rings is 1. The van der Waals surface area contributed by atoms with E-state index in [2.05, 4.69) is 11.1 Å². The molecule has 30 valence electrons. The van der Waals surface area contributed by atoms with Crippen molar-refractivity contribution in [3.8, 4) is 0 Å². The summed E-state index contributed by atoms with van der Waals surface area (Å²) in [5.41, 5.74) is 0. The molecule has 0 unspecified atom stereocenters. The minimum absolute atomic E-state index is 1.62. The number of rotatable bonds is 0. The van der Waals surface area contributed by atoms with Crippen LogP contribution in [0.25, 0.3) is 0 Å². The van der Waals surface area contributed by atoms with Gasteiger partial charge in [0.1, 0.15) is 0 Å². The van der Waals surface area contributed by atoms with E-state index in [1.165, 1.54) is 0 Å². The highest BCUT2D eigenvalue weighted by molar-refractivity contribution is 4.86. The van der Waals surface area contributed by atoms with Crippen LogP contribution in [0.15, 0.2) is 24.5 Å². The van der Waals surface area contributed by atoms with Gasteiger partial charge in [-0.3, -0.25) is 0 Å². The van der Waals surface area contributed by atoms with Crippen LogP contribution in [0.5, 0.6) is 0 Å². The van der Waals surface area contributed by atoms with Gasteiger partial charge in [-0.2, -0.15) is 6.07 Å². The predicted molar refractivity (Wildman–Crippen MR) is 23.1 cm³/mol. The maximum Gasteiger partial charge on any atom is -0.0558 e. The second-order valence-electron chi connectivity index (χ2n) is 0.953. The maximum atomic E-state index is 3.73. The Kier molecular flexibility index (Phi) is 0.865. The van der Waals surface area contributed by atoms with Crippen molar-refractivity contribution in [1.82, 2.24) is 4.98 Å². The van der Waals surface area contributed by atoms with E-state index in [0.717, 1.165) is 0 Å². The van der Waals surface area contributed by atoms with E-state index >= 15 is 0 Å². The van der Waals surface area contributed by atoms with E-state index in [9.17, 15) is 0 Å². The molecule has 0 aromatic carbocycles. The van der Waals surface area contributed by atoms with Crippen molar-refractivity contribution in [3.63, 3.8) is 0 Å². The first-order chi connectivity index (χ1) is 3.00. The fraction of sp³-hybridized carbons (Fsp3) is 0. The van der Waals surface area contributed by atoms with Crippen LogP contribution in [0.4, 0.5) is 0 Å². The molecule has 0 N–H and O–H groups in total. The molecule has 0 bridgehead atoms. The third kappa shape index (κ3) is 0.549. The third-order valence-electron chi connectivity index (χ3n) is 0.514. The summed E-state index contributed by atoms with van der Waals surface area (Å²) in [5.74, 6) is 0. The van der Waals surface area contributed by atoms with E-state index < -0.39 is 0 Å². The largest absolute Gasteiger partial charge is 0.304 e. The molecular weight excluding hydrogens is 74.1 g/mol. The molecule has 1 heterocycles. The molecule has 0 saturated heterocycles. The minimum atomic E-state index is 1.62. The zero-order valence-electron chi connectivity index (χ0n) is 3.26. The number of hydrogen-bond acceptors (Lipinski definition) is 1. The zero-order chi connectivity index (χ0) is 4.24. The fourth-order valence-electron chi connectivity index (χ4n) is 0.277. The molecule has 1 rings (SSSR count). The Balaban J connectivity index is 3.00. The molecule has 0 aliphatic carbocycles.